The van der Waals surface area contributed by atoms with Crippen LogP contribution in [0.4, 0.5) is 17.5 Å². The standard InChI is InChI=1S/C17H18N10O/c1-10-20-11(8-13(21-10)22-15(28)9-18)16-17(23-12-5-7-26(2)25-12)24-14-4-3-6-19-27(14)16/h3-8H,9,18H2,1-2H3,(H,23,25)(H,20,21,22,28). The summed E-state index contributed by atoms with van der Waals surface area (Å²) in [7, 11) is 1.83. The molecule has 0 bridgehead atoms. The number of carbonyl (C=O) groups is 1. The van der Waals surface area contributed by atoms with Gasteiger partial charge >= 0.3 is 0 Å². The van der Waals surface area contributed by atoms with E-state index in [2.05, 4.69) is 35.8 Å². The zero-order chi connectivity index (χ0) is 19.7. The monoisotopic (exact) mass is 378 g/mol. The number of anilines is 3. The van der Waals surface area contributed by atoms with Gasteiger partial charge in [0.25, 0.3) is 0 Å². The van der Waals surface area contributed by atoms with E-state index < -0.39 is 0 Å². The van der Waals surface area contributed by atoms with Crippen LogP contribution >= 0.6 is 0 Å². The molecule has 4 rings (SSSR count). The smallest absolute Gasteiger partial charge is 0.239 e. The van der Waals surface area contributed by atoms with Gasteiger partial charge in [-0.1, -0.05) is 0 Å². The average Bonchev–Trinajstić information content (AvgIpc) is 3.24. The Morgan fingerprint density at radius 2 is 2.07 bits per heavy atom. The summed E-state index contributed by atoms with van der Waals surface area (Å²) >= 11 is 0. The molecule has 1 amide bonds. The van der Waals surface area contributed by atoms with Crippen molar-refractivity contribution in [1.29, 1.82) is 0 Å². The number of aryl methyl sites for hydroxylation is 2. The zero-order valence-corrected chi connectivity index (χ0v) is 15.3. The Bertz CT molecular complexity index is 1160. The SMILES string of the molecule is Cc1nc(NC(=O)CN)cc(-c2c(Nc3ccn(C)n3)nc3cccnn23)n1. The molecule has 4 N–H and O–H groups in total. The summed E-state index contributed by atoms with van der Waals surface area (Å²) in [4.78, 5) is 25.0. The van der Waals surface area contributed by atoms with E-state index >= 15 is 0 Å². The molecule has 0 saturated heterocycles. The molecular weight excluding hydrogens is 360 g/mol. The van der Waals surface area contributed by atoms with Crippen molar-refractivity contribution in [2.45, 2.75) is 6.92 Å². The van der Waals surface area contributed by atoms with Crippen LogP contribution in [0.25, 0.3) is 17.0 Å². The fraction of sp³-hybridized carbons (Fsp3) is 0.176. The first-order valence-corrected chi connectivity index (χ1v) is 8.50. The Kier molecular flexibility index (Phi) is 4.41. The van der Waals surface area contributed by atoms with E-state index in [0.29, 0.717) is 40.3 Å². The number of aromatic nitrogens is 7. The van der Waals surface area contributed by atoms with Gasteiger partial charge < -0.3 is 16.4 Å². The van der Waals surface area contributed by atoms with Crippen LogP contribution in [-0.2, 0) is 11.8 Å². The molecule has 0 aromatic carbocycles. The number of hydrogen-bond donors (Lipinski definition) is 3. The van der Waals surface area contributed by atoms with Gasteiger partial charge in [0.1, 0.15) is 17.3 Å². The van der Waals surface area contributed by atoms with E-state index in [1.165, 1.54) is 0 Å². The first-order chi connectivity index (χ1) is 13.5. The number of nitrogens with zero attached hydrogens (tertiary/aromatic N) is 7. The zero-order valence-electron chi connectivity index (χ0n) is 15.3. The van der Waals surface area contributed by atoms with Crippen molar-refractivity contribution in [2.75, 3.05) is 17.2 Å². The summed E-state index contributed by atoms with van der Waals surface area (Å²) in [5, 5.41) is 14.6. The molecule has 28 heavy (non-hydrogen) atoms. The molecule has 0 unspecified atom stereocenters. The van der Waals surface area contributed by atoms with Crippen molar-refractivity contribution in [2.24, 2.45) is 12.8 Å². The molecule has 0 spiro atoms. The van der Waals surface area contributed by atoms with Gasteiger partial charge in [0.15, 0.2) is 17.3 Å². The predicted molar refractivity (Wildman–Crippen MR) is 103 cm³/mol. The summed E-state index contributed by atoms with van der Waals surface area (Å²) in [6.07, 6.45) is 3.49. The van der Waals surface area contributed by atoms with Gasteiger partial charge in [0, 0.05) is 31.6 Å². The number of fused-ring (bicyclic) bond motifs is 1. The van der Waals surface area contributed by atoms with E-state index in [4.69, 9.17) is 5.73 Å². The van der Waals surface area contributed by atoms with E-state index in [1.54, 1.807) is 34.5 Å². The Labute approximate surface area is 159 Å². The van der Waals surface area contributed by atoms with Gasteiger partial charge in [0.05, 0.1) is 12.2 Å². The minimum atomic E-state index is -0.341. The molecule has 4 aromatic heterocycles. The Morgan fingerprint density at radius 1 is 1.21 bits per heavy atom. The minimum absolute atomic E-state index is 0.137. The maximum absolute atomic E-state index is 11.7. The number of nitrogens with one attached hydrogen (secondary N) is 2. The molecule has 0 radical (unpaired) electrons. The fourth-order valence-corrected chi connectivity index (χ4v) is 2.76. The Hall–Kier alpha value is -3.86. The van der Waals surface area contributed by atoms with Crippen LogP contribution in [0.2, 0.25) is 0 Å². The summed E-state index contributed by atoms with van der Waals surface area (Å²) in [6.45, 7) is 1.60. The van der Waals surface area contributed by atoms with Crippen LogP contribution in [0.5, 0.6) is 0 Å². The molecule has 0 aliphatic heterocycles. The van der Waals surface area contributed by atoms with E-state index in [1.807, 2.05) is 25.4 Å². The molecule has 11 heteroatoms. The third-order valence-electron chi connectivity index (χ3n) is 3.89. The van der Waals surface area contributed by atoms with Crippen molar-refractivity contribution in [1.82, 2.24) is 34.3 Å². The lowest BCUT2D eigenvalue weighted by Gasteiger charge is -2.08. The molecule has 0 saturated carbocycles. The second-order valence-corrected chi connectivity index (χ2v) is 6.04. The molecule has 0 aliphatic rings. The number of nitrogens with two attached hydrogens (primary N) is 1. The summed E-state index contributed by atoms with van der Waals surface area (Å²) in [5.41, 5.74) is 7.18. The van der Waals surface area contributed by atoms with Crippen molar-refractivity contribution in [3.63, 3.8) is 0 Å². The van der Waals surface area contributed by atoms with Crippen LogP contribution in [0.3, 0.4) is 0 Å². The highest BCUT2D eigenvalue weighted by molar-refractivity contribution is 5.91. The van der Waals surface area contributed by atoms with Crippen molar-refractivity contribution in [3.8, 4) is 11.4 Å². The van der Waals surface area contributed by atoms with Crippen LogP contribution in [0, 0.1) is 6.92 Å². The number of hydrogen-bond acceptors (Lipinski definition) is 8. The van der Waals surface area contributed by atoms with Crippen LogP contribution in [-0.4, -0.2) is 46.8 Å². The molecule has 4 heterocycles. The van der Waals surface area contributed by atoms with Gasteiger partial charge in [0.2, 0.25) is 5.91 Å². The fourth-order valence-electron chi connectivity index (χ4n) is 2.76. The maximum Gasteiger partial charge on any atom is 0.239 e. The lowest BCUT2D eigenvalue weighted by Crippen LogP contribution is -2.22. The normalized spacial score (nSPS) is 11.0. The van der Waals surface area contributed by atoms with Gasteiger partial charge in [-0.2, -0.15) is 10.2 Å². The third-order valence-corrected chi connectivity index (χ3v) is 3.89. The first kappa shape index (κ1) is 17.5. The lowest BCUT2D eigenvalue weighted by molar-refractivity contribution is -0.114. The Balaban J connectivity index is 1.85. The van der Waals surface area contributed by atoms with Crippen molar-refractivity contribution < 1.29 is 4.79 Å². The van der Waals surface area contributed by atoms with Crippen LogP contribution < -0.4 is 16.4 Å². The highest BCUT2D eigenvalue weighted by Crippen LogP contribution is 2.30. The first-order valence-electron chi connectivity index (χ1n) is 8.50. The topological polar surface area (TPSA) is 141 Å². The minimum Gasteiger partial charge on any atom is -0.322 e. The largest absolute Gasteiger partial charge is 0.322 e. The summed E-state index contributed by atoms with van der Waals surface area (Å²) < 4.78 is 3.35. The molecule has 0 atom stereocenters. The molecule has 142 valence electrons. The second kappa shape index (κ2) is 7.04. The number of rotatable bonds is 5. The van der Waals surface area contributed by atoms with Gasteiger partial charge in [-0.05, 0) is 19.1 Å². The highest BCUT2D eigenvalue weighted by Gasteiger charge is 2.19. The van der Waals surface area contributed by atoms with E-state index in [-0.39, 0.29) is 12.5 Å². The highest BCUT2D eigenvalue weighted by atomic mass is 16.1. The van der Waals surface area contributed by atoms with E-state index in [9.17, 15) is 4.79 Å². The molecule has 4 aromatic rings. The molecular formula is C17H18N10O. The summed E-state index contributed by atoms with van der Waals surface area (Å²) in [5.74, 6) is 1.67. The molecule has 11 nitrogen and oxygen atoms in total. The molecule has 0 aliphatic carbocycles. The molecule has 0 fully saturated rings. The average molecular weight is 378 g/mol. The van der Waals surface area contributed by atoms with Crippen molar-refractivity contribution in [3.05, 3.63) is 42.5 Å². The number of amides is 1. The summed E-state index contributed by atoms with van der Waals surface area (Å²) in [6, 6.07) is 7.13. The van der Waals surface area contributed by atoms with Gasteiger partial charge in [-0.15, -0.1) is 0 Å². The van der Waals surface area contributed by atoms with E-state index in [0.717, 1.165) is 0 Å². The maximum atomic E-state index is 11.7. The van der Waals surface area contributed by atoms with Gasteiger partial charge in [-0.25, -0.2) is 19.5 Å². The number of carbonyl (C=O) groups excluding carboxylic acids is 1. The predicted octanol–water partition coefficient (Wildman–Crippen LogP) is 0.869. The number of imidazole rings is 1. The van der Waals surface area contributed by atoms with Crippen LogP contribution in [0.15, 0.2) is 36.7 Å². The van der Waals surface area contributed by atoms with Gasteiger partial charge in [-0.3, -0.25) is 9.48 Å². The van der Waals surface area contributed by atoms with Crippen molar-refractivity contribution >= 4 is 29.0 Å². The second-order valence-electron chi connectivity index (χ2n) is 6.04. The Morgan fingerprint density at radius 3 is 2.82 bits per heavy atom. The lowest BCUT2D eigenvalue weighted by atomic mass is 10.2. The quantitative estimate of drug-likeness (QED) is 0.464. The van der Waals surface area contributed by atoms with Crippen LogP contribution in [0.1, 0.15) is 5.82 Å². The third kappa shape index (κ3) is 3.38.